The molecular weight excluding hydrogens is 333 g/mol. The number of hydrogen-bond acceptors (Lipinski definition) is 0. The molecule has 0 aromatic carbocycles. The molecule has 0 amide bonds. The SMILES string of the molecule is CCCCCCCCCC(I)[n+]1cccc(C)c1. The van der Waals surface area contributed by atoms with Gasteiger partial charge in [0.15, 0.2) is 12.4 Å². The molecule has 1 heterocycles. The predicted molar refractivity (Wildman–Crippen MR) is 87.0 cm³/mol. The maximum atomic E-state index is 2.56. The van der Waals surface area contributed by atoms with E-state index in [4.69, 9.17) is 0 Å². The minimum absolute atomic E-state index is 0.609. The van der Waals surface area contributed by atoms with Crippen molar-refractivity contribution in [2.75, 3.05) is 0 Å². The van der Waals surface area contributed by atoms with Crippen LogP contribution in [0.3, 0.4) is 0 Å². The number of aryl methyl sites for hydroxylation is 1. The summed E-state index contributed by atoms with van der Waals surface area (Å²) in [5.41, 5.74) is 1.35. The molecule has 1 nitrogen and oxygen atoms in total. The molecule has 1 aromatic heterocycles. The number of unbranched alkanes of at least 4 members (excludes halogenated alkanes) is 6. The van der Waals surface area contributed by atoms with Gasteiger partial charge in [0.05, 0.1) is 0 Å². The highest BCUT2D eigenvalue weighted by Crippen LogP contribution is 2.18. The largest absolute Gasteiger partial charge is 0.207 e. The zero-order valence-electron chi connectivity index (χ0n) is 11.9. The van der Waals surface area contributed by atoms with Crippen LogP contribution in [0.2, 0.25) is 0 Å². The van der Waals surface area contributed by atoms with Crippen molar-refractivity contribution in [3.8, 4) is 0 Å². The highest BCUT2D eigenvalue weighted by molar-refractivity contribution is 14.1. The van der Waals surface area contributed by atoms with Crippen molar-refractivity contribution in [2.45, 2.75) is 69.3 Å². The normalized spacial score (nSPS) is 12.6. The van der Waals surface area contributed by atoms with Crippen LogP contribution < -0.4 is 4.57 Å². The third-order valence-corrected chi connectivity index (χ3v) is 4.61. The number of aromatic nitrogens is 1. The average Bonchev–Trinajstić information content (AvgIpc) is 2.37. The van der Waals surface area contributed by atoms with Gasteiger partial charge in [-0.1, -0.05) is 45.4 Å². The van der Waals surface area contributed by atoms with Crippen LogP contribution in [-0.2, 0) is 0 Å². The van der Waals surface area contributed by atoms with E-state index < -0.39 is 0 Å². The smallest absolute Gasteiger partial charge is 0.193 e. The molecule has 0 bridgehead atoms. The lowest BCUT2D eigenvalue weighted by Gasteiger charge is -2.06. The number of pyridine rings is 1. The van der Waals surface area contributed by atoms with Gasteiger partial charge in [-0.2, -0.15) is 4.57 Å². The Labute approximate surface area is 126 Å². The standard InChI is InChI=1S/C16H27IN/c1-3-4-5-6-7-8-9-12-16(17)18-13-10-11-15(2)14-18/h10-11,13-14,16H,3-9,12H2,1-2H3/q+1. The minimum Gasteiger partial charge on any atom is -0.193 e. The first-order chi connectivity index (χ1) is 8.74. The molecule has 0 aliphatic rings. The molecule has 1 aromatic rings. The second kappa shape index (κ2) is 9.76. The minimum atomic E-state index is 0.609. The van der Waals surface area contributed by atoms with Crippen molar-refractivity contribution in [3.63, 3.8) is 0 Å². The molecule has 2 heteroatoms. The van der Waals surface area contributed by atoms with E-state index in [2.05, 4.69) is 65.5 Å². The fourth-order valence-corrected chi connectivity index (χ4v) is 3.00. The molecule has 1 unspecified atom stereocenters. The second-order valence-corrected chi connectivity index (χ2v) is 6.61. The average molecular weight is 360 g/mol. The van der Waals surface area contributed by atoms with Gasteiger partial charge in [-0.05, 0) is 42.0 Å². The molecule has 0 N–H and O–H groups in total. The quantitative estimate of drug-likeness (QED) is 0.242. The maximum absolute atomic E-state index is 2.56. The number of nitrogens with zero attached hydrogens (tertiary/aromatic N) is 1. The Balaban J connectivity index is 2.12. The van der Waals surface area contributed by atoms with Crippen LogP contribution >= 0.6 is 22.6 Å². The van der Waals surface area contributed by atoms with Crippen molar-refractivity contribution in [1.29, 1.82) is 0 Å². The summed E-state index contributed by atoms with van der Waals surface area (Å²) in [6.45, 7) is 4.44. The summed E-state index contributed by atoms with van der Waals surface area (Å²) in [7, 11) is 0. The number of alkyl halides is 1. The molecule has 0 aliphatic carbocycles. The van der Waals surface area contributed by atoms with Gasteiger partial charge in [0, 0.05) is 18.1 Å². The first-order valence-electron chi connectivity index (χ1n) is 7.35. The van der Waals surface area contributed by atoms with Gasteiger partial charge in [0.2, 0.25) is 4.05 Å². The molecule has 0 fully saturated rings. The Hall–Kier alpha value is -0.120. The van der Waals surface area contributed by atoms with E-state index in [9.17, 15) is 0 Å². The fourth-order valence-electron chi connectivity index (χ4n) is 2.21. The summed E-state index contributed by atoms with van der Waals surface area (Å²) < 4.78 is 2.95. The van der Waals surface area contributed by atoms with Crippen LogP contribution in [0.25, 0.3) is 0 Å². The first kappa shape index (κ1) is 15.9. The van der Waals surface area contributed by atoms with E-state index in [-0.39, 0.29) is 0 Å². The lowest BCUT2D eigenvalue weighted by molar-refractivity contribution is -0.695. The Morgan fingerprint density at radius 2 is 1.78 bits per heavy atom. The predicted octanol–water partition coefficient (Wildman–Crippen LogP) is 5.36. The van der Waals surface area contributed by atoms with Crippen LogP contribution in [0.5, 0.6) is 0 Å². The van der Waals surface area contributed by atoms with Crippen molar-refractivity contribution < 1.29 is 4.57 Å². The molecule has 102 valence electrons. The van der Waals surface area contributed by atoms with Gasteiger partial charge in [0.25, 0.3) is 0 Å². The van der Waals surface area contributed by atoms with Crippen molar-refractivity contribution in [1.82, 2.24) is 0 Å². The van der Waals surface area contributed by atoms with Crippen LogP contribution in [0.4, 0.5) is 0 Å². The van der Waals surface area contributed by atoms with Crippen LogP contribution in [0.15, 0.2) is 24.5 Å². The molecular formula is C16H27IN+. The van der Waals surface area contributed by atoms with E-state index in [0.717, 1.165) is 0 Å². The van der Waals surface area contributed by atoms with Crippen LogP contribution in [0, 0.1) is 6.92 Å². The topological polar surface area (TPSA) is 3.88 Å². The second-order valence-electron chi connectivity index (χ2n) is 5.17. The van der Waals surface area contributed by atoms with Crippen molar-refractivity contribution >= 4 is 22.6 Å². The summed E-state index contributed by atoms with van der Waals surface area (Å²) in [4.78, 5) is 0. The molecule has 0 spiro atoms. The van der Waals surface area contributed by atoms with Gasteiger partial charge in [-0.25, -0.2) is 0 Å². The van der Waals surface area contributed by atoms with E-state index in [0.29, 0.717) is 4.05 Å². The zero-order valence-corrected chi connectivity index (χ0v) is 14.0. The summed E-state index contributed by atoms with van der Waals surface area (Å²) in [6, 6.07) is 4.30. The highest BCUT2D eigenvalue weighted by Gasteiger charge is 2.12. The van der Waals surface area contributed by atoms with Gasteiger partial charge in [0.1, 0.15) is 0 Å². The van der Waals surface area contributed by atoms with Gasteiger partial charge >= 0.3 is 0 Å². The zero-order chi connectivity index (χ0) is 13.2. The number of halogens is 1. The first-order valence-corrected chi connectivity index (χ1v) is 8.60. The third kappa shape index (κ3) is 6.72. The molecule has 0 radical (unpaired) electrons. The van der Waals surface area contributed by atoms with E-state index in [1.807, 2.05) is 0 Å². The highest BCUT2D eigenvalue weighted by atomic mass is 127. The lowest BCUT2D eigenvalue weighted by atomic mass is 10.1. The summed E-state index contributed by atoms with van der Waals surface area (Å²) in [5.74, 6) is 0. The molecule has 0 aliphatic heterocycles. The summed E-state index contributed by atoms with van der Waals surface area (Å²) >= 11 is 2.56. The molecule has 18 heavy (non-hydrogen) atoms. The van der Waals surface area contributed by atoms with Crippen LogP contribution in [-0.4, -0.2) is 0 Å². The lowest BCUT2D eigenvalue weighted by Crippen LogP contribution is -2.35. The van der Waals surface area contributed by atoms with Crippen molar-refractivity contribution in [3.05, 3.63) is 30.1 Å². The molecule has 0 saturated heterocycles. The van der Waals surface area contributed by atoms with Gasteiger partial charge in [-0.3, -0.25) is 0 Å². The Morgan fingerprint density at radius 1 is 1.11 bits per heavy atom. The van der Waals surface area contributed by atoms with Crippen LogP contribution in [0.1, 0.15) is 67.9 Å². The third-order valence-electron chi connectivity index (χ3n) is 3.34. The molecule has 0 saturated carbocycles. The summed E-state index contributed by atoms with van der Waals surface area (Å²) in [5, 5.41) is 0. The fraction of sp³-hybridized carbons (Fsp3) is 0.688. The monoisotopic (exact) mass is 360 g/mol. The molecule has 1 rings (SSSR count). The van der Waals surface area contributed by atoms with E-state index >= 15 is 0 Å². The maximum Gasteiger partial charge on any atom is 0.207 e. The molecule has 1 atom stereocenters. The van der Waals surface area contributed by atoms with E-state index in [1.165, 1.54) is 56.9 Å². The Morgan fingerprint density at radius 3 is 2.44 bits per heavy atom. The van der Waals surface area contributed by atoms with Gasteiger partial charge in [-0.15, -0.1) is 0 Å². The van der Waals surface area contributed by atoms with Crippen molar-refractivity contribution in [2.24, 2.45) is 0 Å². The Kier molecular flexibility index (Phi) is 8.64. The number of hydrogen-bond donors (Lipinski definition) is 0. The van der Waals surface area contributed by atoms with E-state index in [1.54, 1.807) is 0 Å². The Bertz CT molecular complexity index is 325. The summed E-state index contributed by atoms with van der Waals surface area (Å²) in [6.07, 6.45) is 15.5. The number of rotatable bonds is 9. The van der Waals surface area contributed by atoms with Gasteiger partial charge < -0.3 is 0 Å².